The van der Waals surface area contributed by atoms with Gasteiger partial charge >= 0.3 is 0 Å². The van der Waals surface area contributed by atoms with E-state index in [0.717, 1.165) is 16.7 Å². The number of nitrogens with zero attached hydrogens (tertiary/aromatic N) is 1. The number of anilines is 1. The highest BCUT2D eigenvalue weighted by molar-refractivity contribution is 6.31. The molecule has 0 bridgehead atoms. The molecule has 2 aromatic carbocycles. The van der Waals surface area contributed by atoms with Gasteiger partial charge in [0.2, 0.25) is 5.91 Å². The van der Waals surface area contributed by atoms with Crippen LogP contribution in [0.5, 0.6) is 0 Å². The van der Waals surface area contributed by atoms with Crippen molar-refractivity contribution < 1.29 is 4.79 Å². The van der Waals surface area contributed by atoms with Gasteiger partial charge in [0.25, 0.3) is 0 Å². The van der Waals surface area contributed by atoms with E-state index in [1.165, 1.54) is 0 Å². The van der Waals surface area contributed by atoms with Crippen LogP contribution in [-0.2, 0) is 17.8 Å². The molecule has 110 valence electrons. The van der Waals surface area contributed by atoms with Crippen LogP contribution < -0.4 is 5.73 Å². The molecular weight excluding hydrogens is 284 g/mol. The standard InChI is InChI=1S/C17H19ClN2O/c1-12-4-3-5-13(8-12)9-17(21)20(2)11-14-10-15(19)6-7-16(14)18/h3-8,10H,9,11,19H2,1-2H3. The maximum absolute atomic E-state index is 12.3. The summed E-state index contributed by atoms with van der Waals surface area (Å²) in [6.45, 7) is 2.47. The zero-order valence-corrected chi connectivity index (χ0v) is 13.0. The van der Waals surface area contributed by atoms with Crippen LogP contribution in [0.4, 0.5) is 5.69 Å². The lowest BCUT2D eigenvalue weighted by Gasteiger charge is -2.18. The summed E-state index contributed by atoms with van der Waals surface area (Å²) in [6, 6.07) is 13.3. The van der Waals surface area contributed by atoms with Crippen LogP contribution in [0.25, 0.3) is 0 Å². The summed E-state index contributed by atoms with van der Waals surface area (Å²) in [5.41, 5.74) is 9.44. The van der Waals surface area contributed by atoms with Gasteiger partial charge in [0.1, 0.15) is 0 Å². The average Bonchev–Trinajstić information content (AvgIpc) is 2.43. The third kappa shape index (κ3) is 4.23. The van der Waals surface area contributed by atoms with Gasteiger partial charge in [0.15, 0.2) is 0 Å². The van der Waals surface area contributed by atoms with Crippen LogP contribution in [-0.4, -0.2) is 17.9 Å². The molecule has 0 aromatic heterocycles. The Morgan fingerprint density at radius 3 is 2.71 bits per heavy atom. The lowest BCUT2D eigenvalue weighted by atomic mass is 10.1. The van der Waals surface area contributed by atoms with Crippen molar-refractivity contribution in [3.05, 3.63) is 64.2 Å². The summed E-state index contributed by atoms with van der Waals surface area (Å²) < 4.78 is 0. The number of likely N-dealkylation sites (N-methyl/N-ethyl adjacent to an activating group) is 1. The van der Waals surface area contributed by atoms with Crippen molar-refractivity contribution in [3.8, 4) is 0 Å². The largest absolute Gasteiger partial charge is 0.399 e. The second-order valence-electron chi connectivity index (χ2n) is 5.27. The van der Waals surface area contributed by atoms with Gasteiger partial charge in [0.05, 0.1) is 6.42 Å². The average molecular weight is 303 g/mol. The molecule has 0 unspecified atom stereocenters. The van der Waals surface area contributed by atoms with Crippen LogP contribution in [0.2, 0.25) is 5.02 Å². The fourth-order valence-electron chi connectivity index (χ4n) is 2.19. The fraction of sp³-hybridized carbons (Fsp3) is 0.235. The highest BCUT2D eigenvalue weighted by Crippen LogP contribution is 2.20. The molecule has 0 atom stereocenters. The highest BCUT2D eigenvalue weighted by atomic mass is 35.5. The van der Waals surface area contributed by atoms with Crippen molar-refractivity contribution in [3.63, 3.8) is 0 Å². The number of halogens is 1. The van der Waals surface area contributed by atoms with Gasteiger partial charge in [-0.15, -0.1) is 0 Å². The first kappa shape index (κ1) is 15.4. The maximum Gasteiger partial charge on any atom is 0.227 e. The van der Waals surface area contributed by atoms with Gasteiger partial charge in [0, 0.05) is 24.3 Å². The zero-order valence-electron chi connectivity index (χ0n) is 12.3. The second kappa shape index (κ2) is 6.64. The summed E-state index contributed by atoms with van der Waals surface area (Å²) >= 11 is 6.13. The highest BCUT2D eigenvalue weighted by Gasteiger charge is 2.12. The minimum Gasteiger partial charge on any atom is -0.399 e. The number of aryl methyl sites for hydroxylation is 1. The number of rotatable bonds is 4. The van der Waals surface area contributed by atoms with Crippen LogP contribution >= 0.6 is 11.6 Å². The number of carbonyl (C=O) groups excluding carboxylic acids is 1. The normalized spacial score (nSPS) is 10.4. The van der Waals surface area contributed by atoms with Crippen molar-refractivity contribution in [1.29, 1.82) is 0 Å². The lowest BCUT2D eigenvalue weighted by Crippen LogP contribution is -2.27. The van der Waals surface area contributed by atoms with E-state index in [-0.39, 0.29) is 5.91 Å². The van der Waals surface area contributed by atoms with Crippen molar-refractivity contribution >= 4 is 23.2 Å². The van der Waals surface area contributed by atoms with Crippen molar-refractivity contribution in [2.45, 2.75) is 19.9 Å². The summed E-state index contributed by atoms with van der Waals surface area (Å²) in [6.07, 6.45) is 0.387. The van der Waals surface area contributed by atoms with Gasteiger partial charge in [-0.05, 0) is 36.2 Å². The third-order valence-corrected chi connectivity index (χ3v) is 3.71. The lowest BCUT2D eigenvalue weighted by molar-refractivity contribution is -0.129. The second-order valence-corrected chi connectivity index (χ2v) is 5.67. The molecule has 2 rings (SSSR count). The van der Waals surface area contributed by atoms with E-state index in [2.05, 4.69) is 0 Å². The monoisotopic (exact) mass is 302 g/mol. The topological polar surface area (TPSA) is 46.3 Å². The smallest absolute Gasteiger partial charge is 0.227 e. The van der Waals surface area contributed by atoms with Crippen LogP contribution in [0.1, 0.15) is 16.7 Å². The van der Waals surface area contributed by atoms with Gasteiger partial charge < -0.3 is 10.6 Å². The van der Waals surface area contributed by atoms with Gasteiger partial charge in [-0.3, -0.25) is 4.79 Å². The zero-order chi connectivity index (χ0) is 15.4. The van der Waals surface area contributed by atoms with Crippen molar-refractivity contribution in [2.24, 2.45) is 0 Å². The number of nitrogen functional groups attached to an aromatic ring is 1. The van der Waals surface area contributed by atoms with Crippen molar-refractivity contribution in [2.75, 3.05) is 12.8 Å². The molecule has 2 N–H and O–H groups in total. The van der Waals surface area contributed by atoms with Crippen molar-refractivity contribution in [1.82, 2.24) is 4.90 Å². The molecule has 0 spiro atoms. The minimum atomic E-state index is 0.0547. The summed E-state index contributed by atoms with van der Waals surface area (Å²) in [5.74, 6) is 0.0547. The number of amides is 1. The molecular formula is C17H19ClN2O. The predicted octanol–water partition coefficient (Wildman–Crippen LogP) is 3.43. The quantitative estimate of drug-likeness (QED) is 0.880. The Morgan fingerprint density at radius 2 is 2.00 bits per heavy atom. The summed E-state index contributed by atoms with van der Waals surface area (Å²) in [7, 11) is 1.78. The minimum absolute atomic E-state index is 0.0547. The molecule has 21 heavy (non-hydrogen) atoms. The number of nitrogens with two attached hydrogens (primary N) is 1. The first-order valence-electron chi connectivity index (χ1n) is 6.79. The van der Waals surface area contributed by atoms with E-state index in [9.17, 15) is 4.79 Å². The third-order valence-electron chi connectivity index (χ3n) is 3.34. The molecule has 0 saturated heterocycles. The van der Waals surface area contributed by atoms with Crippen LogP contribution in [0.15, 0.2) is 42.5 Å². The molecule has 2 aromatic rings. The van der Waals surface area contributed by atoms with Crippen LogP contribution in [0.3, 0.4) is 0 Å². The number of hydrogen-bond acceptors (Lipinski definition) is 2. The molecule has 0 heterocycles. The van der Waals surface area contributed by atoms with E-state index in [1.807, 2.05) is 31.2 Å². The molecule has 0 aliphatic rings. The molecule has 0 radical (unpaired) electrons. The maximum atomic E-state index is 12.3. The molecule has 0 saturated carbocycles. The van der Waals surface area contributed by atoms with Gasteiger partial charge in [-0.25, -0.2) is 0 Å². The predicted molar refractivity (Wildman–Crippen MR) is 87.2 cm³/mol. The first-order chi connectivity index (χ1) is 9.95. The van der Waals surface area contributed by atoms with E-state index in [0.29, 0.717) is 23.7 Å². The Balaban J connectivity index is 2.04. The number of carbonyl (C=O) groups is 1. The fourth-order valence-corrected chi connectivity index (χ4v) is 2.37. The van der Waals surface area contributed by atoms with E-state index in [4.69, 9.17) is 17.3 Å². The molecule has 3 nitrogen and oxygen atoms in total. The molecule has 1 amide bonds. The van der Waals surface area contributed by atoms with E-state index in [1.54, 1.807) is 30.1 Å². The Labute approximate surface area is 130 Å². The Hall–Kier alpha value is -2.00. The summed E-state index contributed by atoms with van der Waals surface area (Å²) in [4.78, 5) is 13.9. The molecule has 0 aliphatic carbocycles. The number of hydrogen-bond donors (Lipinski definition) is 1. The first-order valence-corrected chi connectivity index (χ1v) is 7.17. The van der Waals surface area contributed by atoms with Gasteiger partial charge in [-0.1, -0.05) is 41.4 Å². The van der Waals surface area contributed by atoms with Gasteiger partial charge in [-0.2, -0.15) is 0 Å². The Kier molecular flexibility index (Phi) is 4.86. The molecule has 0 aliphatic heterocycles. The Morgan fingerprint density at radius 1 is 1.24 bits per heavy atom. The van der Waals surface area contributed by atoms with Crippen LogP contribution in [0, 0.1) is 6.92 Å². The Bertz CT molecular complexity index is 655. The summed E-state index contributed by atoms with van der Waals surface area (Å²) in [5, 5.41) is 0.624. The molecule has 0 fully saturated rings. The molecule has 4 heteroatoms. The van der Waals surface area contributed by atoms with E-state index < -0.39 is 0 Å². The SMILES string of the molecule is Cc1cccc(CC(=O)N(C)Cc2cc(N)ccc2Cl)c1. The number of benzene rings is 2. The van der Waals surface area contributed by atoms with E-state index >= 15 is 0 Å².